The first-order valence-corrected chi connectivity index (χ1v) is 6.17. The molecule has 0 aliphatic carbocycles. The minimum atomic E-state index is -3.59. The predicted octanol–water partition coefficient (Wildman–Crippen LogP) is 0.102. The second-order valence-electron chi connectivity index (χ2n) is 3.12. The Morgan fingerprint density at radius 1 is 1.50 bits per heavy atom. The van der Waals surface area contributed by atoms with Gasteiger partial charge in [-0.25, -0.2) is 13.1 Å². The summed E-state index contributed by atoms with van der Waals surface area (Å²) >= 11 is 0. The van der Waals surface area contributed by atoms with Crippen LogP contribution in [0.3, 0.4) is 0 Å². The van der Waals surface area contributed by atoms with E-state index in [1.807, 2.05) is 0 Å². The summed E-state index contributed by atoms with van der Waals surface area (Å²) in [6.45, 7) is 0.770. The summed E-state index contributed by atoms with van der Waals surface area (Å²) in [5, 5.41) is 9.11. The fourth-order valence-corrected chi connectivity index (χ4v) is 2.12. The molecule has 0 aromatic carbocycles. The summed E-state index contributed by atoms with van der Waals surface area (Å²) in [6.07, 6.45) is 2.93. The molecule has 0 spiro atoms. The largest absolute Gasteiger partial charge is 0.506 e. The van der Waals surface area contributed by atoms with Gasteiger partial charge in [0.05, 0.1) is 6.20 Å². The number of hydrogen-bond donors (Lipinski definition) is 2. The van der Waals surface area contributed by atoms with Crippen molar-refractivity contribution in [3.63, 3.8) is 0 Å². The molecule has 90 valence electrons. The number of hydrogen-bond acceptors (Lipinski definition) is 5. The average molecular weight is 246 g/mol. The molecular formula is C9H14N2O4S. The third-order valence-electron chi connectivity index (χ3n) is 1.83. The van der Waals surface area contributed by atoms with Crippen LogP contribution in [0.5, 0.6) is 5.75 Å². The van der Waals surface area contributed by atoms with Gasteiger partial charge in [0.1, 0.15) is 10.6 Å². The van der Waals surface area contributed by atoms with E-state index in [0.29, 0.717) is 13.0 Å². The zero-order valence-electron chi connectivity index (χ0n) is 8.88. The first kappa shape index (κ1) is 12.9. The van der Waals surface area contributed by atoms with E-state index >= 15 is 0 Å². The third-order valence-corrected chi connectivity index (χ3v) is 3.25. The number of pyridine rings is 1. The smallest absolute Gasteiger partial charge is 0.242 e. The summed E-state index contributed by atoms with van der Waals surface area (Å²) in [7, 11) is -2.04. The molecule has 16 heavy (non-hydrogen) atoms. The number of ether oxygens (including phenoxy) is 1. The summed E-state index contributed by atoms with van der Waals surface area (Å²) in [6, 6.07) is 1.14. The molecular weight excluding hydrogens is 232 g/mol. The third kappa shape index (κ3) is 3.76. The maximum Gasteiger partial charge on any atom is 0.242 e. The number of nitrogens with zero attached hydrogens (tertiary/aromatic N) is 1. The Morgan fingerprint density at radius 2 is 2.25 bits per heavy atom. The minimum Gasteiger partial charge on any atom is -0.506 e. The lowest BCUT2D eigenvalue weighted by Gasteiger charge is -2.06. The molecule has 2 N–H and O–H groups in total. The second-order valence-corrected chi connectivity index (χ2v) is 4.89. The Bertz CT molecular complexity index is 433. The molecule has 0 atom stereocenters. The molecule has 1 aromatic heterocycles. The number of methoxy groups -OCH3 is 1. The van der Waals surface area contributed by atoms with Crippen LogP contribution in [0.15, 0.2) is 23.4 Å². The average Bonchev–Trinajstić information content (AvgIpc) is 2.24. The number of nitrogens with one attached hydrogen (secondary N) is 1. The zero-order chi connectivity index (χ0) is 12.0. The van der Waals surface area contributed by atoms with E-state index in [9.17, 15) is 8.42 Å². The normalized spacial score (nSPS) is 11.6. The first-order chi connectivity index (χ1) is 7.56. The lowest BCUT2D eigenvalue weighted by molar-refractivity contribution is 0.196. The number of sulfonamides is 1. The Labute approximate surface area is 94.3 Å². The molecule has 0 amide bonds. The van der Waals surface area contributed by atoms with Crippen molar-refractivity contribution in [1.82, 2.24) is 9.71 Å². The zero-order valence-corrected chi connectivity index (χ0v) is 9.70. The Kier molecular flexibility index (Phi) is 4.66. The topological polar surface area (TPSA) is 88.5 Å². The van der Waals surface area contributed by atoms with Crippen molar-refractivity contribution < 1.29 is 18.3 Å². The summed E-state index contributed by atoms with van der Waals surface area (Å²) in [5.41, 5.74) is 0. The van der Waals surface area contributed by atoms with E-state index < -0.39 is 10.0 Å². The number of aromatic hydroxyl groups is 1. The minimum absolute atomic E-state index is 0.0510. The SMILES string of the molecule is COCCCNS(=O)(=O)c1cncc(O)c1. The molecule has 0 aliphatic heterocycles. The molecule has 7 heteroatoms. The Morgan fingerprint density at radius 3 is 2.88 bits per heavy atom. The molecule has 6 nitrogen and oxygen atoms in total. The van der Waals surface area contributed by atoms with E-state index in [4.69, 9.17) is 9.84 Å². The van der Waals surface area contributed by atoms with Crippen molar-refractivity contribution in [2.75, 3.05) is 20.3 Å². The quantitative estimate of drug-likeness (QED) is 0.695. The van der Waals surface area contributed by atoms with Crippen LogP contribution in [0, 0.1) is 0 Å². The molecule has 0 aliphatic rings. The lowest BCUT2D eigenvalue weighted by Crippen LogP contribution is -2.25. The second kappa shape index (κ2) is 5.78. The highest BCUT2D eigenvalue weighted by Crippen LogP contribution is 2.13. The molecule has 0 radical (unpaired) electrons. The molecule has 1 rings (SSSR count). The summed E-state index contributed by atoms with van der Waals surface area (Å²) in [4.78, 5) is 3.55. The fourth-order valence-electron chi connectivity index (χ4n) is 1.06. The highest BCUT2D eigenvalue weighted by molar-refractivity contribution is 7.89. The highest BCUT2D eigenvalue weighted by Gasteiger charge is 2.13. The van der Waals surface area contributed by atoms with Gasteiger partial charge in [-0.3, -0.25) is 4.98 Å². The van der Waals surface area contributed by atoms with Gasteiger partial charge in [0.15, 0.2) is 0 Å². The van der Waals surface area contributed by atoms with Crippen molar-refractivity contribution in [2.24, 2.45) is 0 Å². The first-order valence-electron chi connectivity index (χ1n) is 4.69. The van der Waals surface area contributed by atoms with Gasteiger partial charge >= 0.3 is 0 Å². The van der Waals surface area contributed by atoms with Crippen molar-refractivity contribution in [3.05, 3.63) is 18.5 Å². The van der Waals surface area contributed by atoms with Gasteiger partial charge in [0, 0.05) is 32.5 Å². The van der Waals surface area contributed by atoms with Gasteiger partial charge in [-0.1, -0.05) is 0 Å². The van der Waals surface area contributed by atoms with Gasteiger partial charge in [0.25, 0.3) is 0 Å². The molecule has 1 aromatic rings. The Hall–Kier alpha value is -1.18. The molecule has 0 bridgehead atoms. The van der Waals surface area contributed by atoms with Gasteiger partial charge in [-0.05, 0) is 6.42 Å². The highest BCUT2D eigenvalue weighted by atomic mass is 32.2. The summed E-state index contributed by atoms with van der Waals surface area (Å²) < 4.78 is 30.5. The van der Waals surface area contributed by atoms with Crippen molar-refractivity contribution in [2.45, 2.75) is 11.3 Å². The molecule has 0 saturated heterocycles. The van der Waals surface area contributed by atoms with E-state index in [0.717, 1.165) is 6.07 Å². The standard InChI is InChI=1S/C9H14N2O4S/c1-15-4-2-3-11-16(13,14)9-5-8(12)6-10-7-9/h5-7,11-12H,2-4H2,1H3. The maximum absolute atomic E-state index is 11.6. The van der Waals surface area contributed by atoms with Crippen molar-refractivity contribution in [1.29, 1.82) is 0 Å². The van der Waals surface area contributed by atoms with Crippen LogP contribution in [0.4, 0.5) is 0 Å². The molecule has 0 saturated carbocycles. The van der Waals surface area contributed by atoms with E-state index in [2.05, 4.69) is 9.71 Å². The fraction of sp³-hybridized carbons (Fsp3) is 0.444. The molecule has 0 unspecified atom stereocenters. The summed E-state index contributed by atoms with van der Waals surface area (Å²) in [5.74, 6) is -0.181. The van der Waals surface area contributed by atoms with Crippen LogP contribution in [0.25, 0.3) is 0 Å². The predicted molar refractivity (Wildman–Crippen MR) is 57.6 cm³/mol. The monoisotopic (exact) mass is 246 g/mol. The van der Waals surface area contributed by atoms with E-state index in [-0.39, 0.29) is 17.2 Å². The van der Waals surface area contributed by atoms with E-state index in [1.54, 1.807) is 7.11 Å². The van der Waals surface area contributed by atoms with Gasteiger partial charge in [-0.15, -0.1) is 0 Å². The van der Waals surface area contributed by atoms with E-state index in [1.165, 1.54) is 12.4 Å². The van der Waals surface area contributed by atoms with Crippen LogP contribution in [0.1, 0.15) is 6.42 Å². The molecule has 0 fully saturated rings. The van der Waals surface area contributed by atoms with Crippen molar-refractivity contribution in [3.8, 4) is 5.75 Å². The van der Waals surface area contributed by atoms with Crippen LogP contribution < -0.4 is 4.72 Å². The van der Waals surface area contributed by atoms with Crippen LogP contribution in [-0.2, 0) is 14.8 Å². The van der Waals surface area contributed by atoms with Crippen LogP contribution >= 0.6 is 0 Å². The number of rotatable bonds is 6. The Balaban J connectivity index is 2.64. The van der Waals surface area contributed by atoms with Gasteiger partial charge in [-0.2, -0.15) is 0 Å². The van der Waals surface area contributed by atoms with Crippen molar-refractivity contribution >= 4 is 10.0 Å². The number of aromatic nitrogens is 1. The molecule has 1 heterocycles. The maximum atomic E-state index is 11.6. The van der Waals surface area contributed by atoms with Gasteiger partial charge < -0.3 is 9.84 Å². The van der Waals surface area contributed by atoms with Crippen LogP contribution in [-0.4, -0.2) is 38.8 Å². The van der Waals surface area contributed by atoms with Crippen LogP contribution in [0.2, 0.25) is 0 Å². The van der Waals surface area contributed by atoms with Gasteiger partial charge in [0.2, 0.25) is 10.0 Å². The lowest BCUT2D eigenvalue weighted by atomic mass is 10.5.